The minimum Gasteiger partial charge on any atom is -0.364 e. The molecule has 5 amide bonds. The lowest BCUT2D eigenvalue weighted by atomic mass is 10.1. The van der Waals surface area contributed by atoms with Crippen molar-refractivity contribution in [2.24, 2.45) is 5.73 Å². The Morgan fingerprint density at radius 2 is 1.93 bits per heavy atom. The van der Waals surface area contributed by atoms with Gasteiger partial charge in [0, 0.05) is 42.2 Å². The van der Waals surface area contributed by atoms with Crippen molar-refractivity contribution in [3.05, 3.63) is 58.5 Å². The van der Waals surface area contributed by atoms with Crippen LogP contribution in [0.4, 0.5) is 23.7 Å². The standard InChI is InChI=1S/C28H29ClF3N7O4/c29-20-4-1-3-16(24(20)30)12-34-22(40)13-38(18-6-7-18)23(41)14-39-21-11-17(5-8-19(21)25(36-39)26(33)42)35-27(43)37-10-2-9-28(31,32)15-37/h1,3-5,8,11,18H,2,6-7,9-10,12-15H2,(H2,33,42)(H,34,40)(H,35,43). The number of urea groups is 1. The molecule has 1 aromatic heterocycles. The molecule has 2 aromatic carbocycles. The Morgan fingerprint density at radius 3 is 2.63 bits per heavy atom. The smallest absolute Gasteiger partial charge is 0.322 e. The Kier molecular flexibility index (Phi) is 8.49. The number of fused-ring (bicyclic) bond motifs is 1. The van der Waals surface area contributed by atoms with Gasteiger partial charge >= 0.3 is 6.03 Å². The minimum atomic E-state index is -2.97. The van der Waals surface area contributed by atoms with Gasteiger partial charge in [-0.2, -0.15) is 5.10 Å². The van der Waals surface area contributed by atoms with Gasteiger partial charge in [-0.1, -0.05) is 23.7 Å². The zero-order chi connectivity index (χ0) is 30.9. The number of hydrogen-bond donors (Lipinski definition) is 3. The monoisotopic (exact) mass is 619 g/mol. The van der Waals surface area contributed by atoms with Crippen molar-refractivity contribution >= 4 is 51.9 Å². The molecule has 15 heteroatoms. The summed E-state index contributed by atoms with van der Waals surface area (Å²) in [7, 11) is 0. The highest BCUT2D eigenvalue weighted by atomic mass is 35.5. The molecule has 0 spiro atoms. The van der Waals surface area contributed by atoms with Crippen molar-refractivity contribution in [3.8, 4) is 0 Å². The fourth-order valence-electron chi connectivity index (χ4n) is 5.01. The van der Waals surface area contributed by atoms with E-state index in [9.17, 15) is 32.3 Å². The molecule has 1 aliphatic heterocycles. The third kappa shape index (κ3) is 7.01. The average molecular weight is 620 g/mol. The number of nitrogens with zero attached hydrogens (tertiary/aromatic N) is 4. The van der Waals surface area contributed by atoms with Gasteiger partial charge in [-0.05, 0) is 43.5 Å². The van der Waals surface area contributed by atoms with Gasteiger partial charge < -0.3 is 26.2 Å². The number of nitrogens with one attached hydrogen (secondary N) is 2. The number of amides is 5. The van der Waals surface area contributed by atoms with Crippen LogP contribution in [0.5, 0.6) is 0 Å². The van der Waals surface area contributed by atoms with Crippen LogP contribution in [0, 0.1) is 5.82 Å². The highest BCUT2D eigenvalue weighted by molar-refractivity contribution is 6.30. The van der Waals surface area contributed by atoms with E-state index >= 15 is 0 Å². The second-order valence-electron chi connectivity index (χ2n) is 10.7. The van der Waals surface area contributed by atoms with Crippen molar-refractivity contribution in [3.63, 3.8) is 0 Å². The number of aromatic nitrogens is 2. The number of carbonyl (C=O) groups excluding carboxylic acids is 4. The molecule has 5 rings (SSSR count). The summed E-state index contributed by atoms with van der Waals surface area (Å²) in [6, 6.07) is 8.00. The van der Waals surface area contributed by atoms with Gasteiger partial charge in [0.15, 0.2) is 5.69 Å². The van der Waals surface area contributed by atoms with Crippen LogP contribution in [0.3, 0.4) is 0 Å². The zero-order valence-corrected chi connectivity index (χ0v) is 23.7. The fraction of sp³-hybridized carbons (Fsp3) is 0.393. The summed E-state index contributed by atoms with van der Waals surface area (Å²) in [5.41, 5.74) is 6.13. The van der Waals surface area contributed by atoms with Crippen LogP contribution < -0.4 is 16.4 Å². The van der Waals surface area contributed by atoms with Gasteiger partial charge in [-0.15, -0.1) is 0 Å². The number of carbonyl (C=O) groups is 4. The predicted octanol–water partition coefficient (Wildman–Crippen LogP) is 3.50. The van der Waals surface area contributed by atoms with E-state index in [0.29, 0.717) is 23.7 Å². The largest absolute Gasteiger partial charge is 0.364 e. The highest BCUT2D eigenvalue weighted by Gasteiger charge is 2.37. The Morgan fingerprint density at radius 1 is 1.16 bits per heavy atom. The number of nitrogens with two attached hydrogens (primary N) is 1. The number of piperidine rings is 1. The number of primary amides is 1. The van der Waals surface area contributed by atoms with E-state index in [-0.39, 0.29) is 67.0 Å². The third-order valence-electron chi connectivity index (χ3n) is 7.33. The van der Waals surface area contributed by atoms with Crippen molar-refractivity contribution in [2.45, 2.75) is 50.7 Å². The van der Waals surface area contributed by atoms with Crippen LogP contribution in [-0.4, -0.2) is 74.9 Å². The number of hydrogen-bond acceptors (Lipinski definition) is 5. The molecule has 0 unspecified atom stereocenters. The molecule has 2 fully saturated rings. The van der Waals surface area contributed by atoms with Crippen molar-refractivity contribution in [1.29, 1.82) is 0 Å². The summed E-state index contributed by atoms with van der Waals surface area (Å²) >= 11 is 5.80. The van der Waals surface area contributed by atoms with E-state index in [1.165, 1.54) is 39.9 Å². The van der Waals surface area contributed by atoms with Gasteiger partial charge in [-0.3, -0.25) is 19.1 Å². The summed E-state index contributed by atoms with van der Waals surface area (Å²) in [6.07, 6.45) is 1.27. The van der Waals surface area contributed by atoms with Crippen LogP contribution in [0.2, 0.25) is 5.02 Å². The lowest BCUT2D eigenvalue weighted by molar-refractivity contribution is -0.137. The van der Waals surface area contributed by atoms with Crippen LogP contribution in [0.1, 0.15) is 41.7 Å². The zero-order valence-electron chi connectivity index (χ0n) is 22.9. The molecule has 2 heterocycles. The minimum absolute atomic E-state index is 0.0703. The maximum absolute atomic E-state index is 14.2. The lowest BCUT2D eigenvalue weighted by Crippen LogP contribution is -2.47. The lowest BCUT2D eigenvalue weighted by Gasteiger charge is -2.32. The summed E-state index contributed by atoms with van der Waals surface area (Å²) in [4.78, 5) is 53.3. The third-order valence-corrected chi connectivity index (χ3v) is 7.62. The number of rotatable bonds is 9. The van der Waals surface area contributed by atoms with Crippen LogP contribution >= 0.6 is 11.6 Å². The molecule has 2 aliphatic rings. The summed E-state index contributed by atoms with van der Waals surface area (Å²) in [6.45, 7) is -1.27. The first-order chi connectivity index (χ1) is 20.4. The van der Waals surface area contributed by atoms with E-state index in [1.807, 2.05) is 0 Å². The Bertz CT molecular complexity index is 1590. The molecule has 43 heavy (non-hydrogen) atoms. The maximum atomic E-state index is 14.2. The van der Waals surface area contributed by atoms with Gasteiger partial charge in [0.25, 0.3) is 11.8 Å². The first kappa shape index (κ1) is 30.1. The Labute approximate surface area is 249 Å². The second kappa shape index (κ2) is 12.1. The molecule has 3 aromatic rings. The molecule has 228 valence electrons. The second-order valence-corrected chi connectivity index (χ2v) is 11.1. The molecule has 1 aliphatic carbocycles. The Hall–Kier alpha value is -4.33. The molecular weight excluding hydrogens is 591 g/mol. The number of likely N-dealkylation sites (tertiary alicyclic amines) is 1. The van der Waals surface area contributed by atoms with Gasteiger partial charge in [0.05, 0.1) is 23.6 Å². The predicted molar refractivity (Wildman–Crippen MR) is 151 cm³/mol. The first-order valence-corrected chi connectivity index (χ1v) is 14.0. The molecule has 1 saturated heterocycles. The number of benzene rings is 2. The normalized spacial score (nSPS) is 16.1. The van der Waals surface area contributed by atoms with Crippen molar-refractivity contribution < 1.29 is 32.3 Å². The summed E-state index contributed by atoms with van der Waals surface area (Å²) in [5, 5.41) is 9.65. The molecular formula is C28H29ClF3N7O4. The molecule has 0 bridgehead atoms. The number of alkyl halides is 2. The SMILES string of the molecule is NC(=O)c1nn(CC(=O)N(CC(=O)NCc2cccc(Cl)c2F)C2CC2)c2cc(NC(=O)N3CCCC(F)(F)C3)ccc12. The topological polar surface area (TPSA) is 143 Å². The van der Waals surface area contributed by atoms with E-state index in [0.717, 1.165) is 4.90 Å². The summed E-state index contributed by atoms with van der Waals surface area (Å²) in [5.74, 6) is -5.41. The van der Waals surface area contributed by atoms with Gasteiger partial charge in [0.1, 0.15) is 12.4 Å². The van der Waals surface area contributed by atoms with E-state index in [2.05, 4.69) is 15.7 Å². The van der Waals surface area contributed by atoms with E-state index < -0.39 is 42.0 Å². The van der Waals surface area contributed by atoms with E-state index in [1.54, 1.807) is 6.07 Å². The van der Waals surface area contributed by atoms with Crippen LogP contribution in [0.25, 0.3) is 10.9 Å². The van der Waals surface area contributed by atoms with Crippen molar-refractivity contribution in [1.82, 2.24) is 24.9 Å². The first-order valence-electron chi connectivity index (χ1n) is 13.6. The van der Waals surface area contributed by atoms with E-state index in [4.69, 9.17) is 17.3 Å². The highest BCUT2D eigenvalue weighted by Crippen LogP contribution is 2.29. The molecule has 11 nitrogen and oxygen atoms in total. The van der Waals surface area contributed by atoms with Crippen LogP contribution in [0.15, 0.2) is 36.4 Å². The van der Waals surface area contributed by atoms with Crippen LogP contribution in [-0.2, 0) is 22.7 Å². The van der Waals surface area contributed by atoms with Gasteiger partial charge in [0.2, 0.25) is 11.8 Å². The number of halogens is 4. The number of anilines is 1. The molecule has 0 radical (unpaired) electrons. The molecule has 4 N–H and O–H groups in total. The molecule has 1 saturated carbocycles. The molecule has 0 atom stereocenters. The fourth-order valence-corrected chi connectivity index (χ4v) is 5.21. The quantitative estimate of drug-likeness (QED) is 0.336. The van der Waals surface area contributed by atoms with Crippen molar-refractivity contribution in [2.75, 3.05) is 25.0 Å². The maximum Gasteiger partial charge on any atom is 0.322 e. The Balaban J connectivity index is 1.30. The average Bonchev–Trinajstić information content (AvgIpc) is 3.73. The van der Waals surface area contributed by atoms with Gasteiger partial charge in [-0.25, -0.2) is 18.0 Å². The summed E-state index contributed by atoms with van der Waals surface area (Å²) < 4.78 is 43.1.